The van der Waals surface area contributed by atoms with Crippen molar-refractivity contribution in [3.05, 3.63) is 28.2 Å². The van der Waals surface area contributed by atoms with Crippen molar-refractivity contribution in [3.63, 3.8) is 0 Å². The second-order valence-corrected chi connectivity index (χ2v) is 5.63. The summed E-state index contributed by atoms with van der Waals surface area (Å²) in [7, 11) is 0. The van der Waals surface area contributed by atoms with Gasteiger partial charge in [-0.25, -0.2) is 5.43 Å². The number of benzene rings is 1. The predicted octanol–water partition coefficient (Wildman–Crippen LogP) is 0.288. The minimum Gasteiger partial charge on any atom is -0.483 e. The van der Waals surface area contributed by atoms with Crippen LogP contribution in [0.5, 0.6) is 5.75 Å². The fourth-order valence-electron chi connectivity index (χ4n) is 1.41. The van der Waals surface area contributed by atoms with Crippen LogP contribution in [0.2, 0.25) is 0 Å². The second-order valence-electron chi connectivity index (χ2n) is 4.77. The Labute approximate surface area is 141 Å². The van der Waals surface area contributed by atoms with Crippen LogP contribution in [0.25, 0.3) is 0 Å². The Morgan fingerprint density at radius 3 is 2.61 bits per heavy atom. The van der Waals surface area contributed by atoms with E-state index in [1.807, 2.05) is 0 Å². The fraction of sp³-hybridized carbons (Fsp3) is 0.286. The van der Waals surface area contributed by atoms with E-state index in [-0.39, 0.29) is 12.6 Å². The lowest BCUT2D eigenvalue weighted by molar-refractivity contribution is -0.139. The molecule has 0 aliphatic carbocycles. The standard InChI is InChI=1S/C14H17BrN4O4/c1-8(2)18-13(21)14(22)19-17-6-9-3-4-11(10(15)5-9)23-7-12(16)20/h3-6,8H,7H2,1-2H3,(H2,16,20)(H,18,21)(H,19,22)/b17-6-. The lowest BCUT2D eigenvalue weighted by atomic mass is 10.2. The van der Waals surface area contributed by atoms with Crippen LogP contribution in [0.1, 0.15) is 19.4 Å². The maximum Gasteiger partial charge on any atom is 0.329 e. The number of ether oxygens (including phenoxy) is 1. The Hall–Kier alpha value is -2.42. The topological polar surface area (TPSA) is 123 Å². The van der Waals surface area contributed by atoms with Crippen molar-refractivity contribution in [1.82, 2.24) is 10.7 Å². The molecule has 0 heterocycles. The van der Waals surface area contributed by atoms with Gasteiger partial charge in [-0.15, -0.1) is 0 Å². The lowest BCUT2D eigenvalue weighted by Crippen LogP contribution is -2.41. The molecule has 0 saturated heterocycles. The summed E-state index contributed by atoms with van der Waals surface area (Å²) in [5.74, 6) is -1.74. The number of nitrogens with two attached hydrogens (primary N) is 1. The van der Waals surface area contributed by atoms with Gasteiger partial charge in [-0.05, 0) is 53.5 Å². The van der Waals surface area contributed by atoms with Crippen LogP contribution in [0.3, 0.4) is 0 Å². The molecule has 1 rings (SSSR count). The van der Waals surface area contributed by atoms with Crippen molar-refractivity contribution in [3.8, 4) is 5.75 Å². The van der Waals surface area contributed by atoms with Crippen molar-refractivity contribution in [2.75, 3.05) is 6.61 Å². The Balaban J connectivity index is 2.60. The number of nitrogens with one attached hydrogen (secondary N) is 2. The van der Waals surface area contributed by atoms with Gasteiger partial charge < -0.3 is 15.8 Å². The third-order valence-electron chi connectivity index (χ3n) is 2.33. The maximum absolute atomic E-state index is 11.4. The van der Waals surface area contributed by atoms with Crippen LogP contribution < -0.4 is 21.2 Å². The third kappa shape index (κ3) is 6.92. The number of hydrogen-bond acceptors (Lipinski definition) is 5. The number of rotatable bonds is 6. The first kappa shape index (κ1) is 18.6. The summed E-state index contributed by atoms with van der Waals surface area (Å²) in [6, 6.07) is 4.80. The van der Waals surface area contributed by atoms with Gasteiger partial charge in [0.25, 0.3) is 5.91 Å². The highest BCUT2D eigenvalue weighted by atomic mass is 79.9. The van der Waals surface area contributed by atoms with Crippen LogP contribution in [0.15, 0.2) is 27.8 Å². The maximum atomic E-state index is 11.4. The summed E-state index contributed by atoms with van der Waals surface area (Å²) >= 11 is 3.28. The average molecular weight is 385 g/mol. The van der Waals surface area contributed by atoms with Crippen LogP contribution >= 0.6 is 15.9 Å². The molecule has 3 amide bonds. The highest BCUT2D eigenvalue weighted by Gasteiger charge is 2.12. The van der Waals surface area contributed by atoms with Gasteiger partial charge >= 0.3 is 11.8 Å². The zero-order chi connectivity index (χ0) is 17.4. The van der Waals surface area contributed by atoms with Gasteiger partial charge in [0.05, 0.1) is 10.7 Å². The van der Waals surface area contributed by atoms with Gasteiger partial charge in [-0.2, -0.15) is 5.10 Å². The molecule has 1 aromatic carbocycles. The molecule has 0 aromatic heterocycles. The SMILES string of the molecule is CC(C)NC(=O)C(=O)N/N=C\c1ccc(OCC(N)=O)c(Br)c1. The molecule has 0 aliphatic rings. The molecule has 4 N–H and O–H groups in total. The van der Waals surface area contributed by atoms with E-state index in [4.69, 9.17) is 10.5 Å². The number of hydrogen-bond donors (Lipinski definition) is 3. The van der Waals surface area contributed by atoms with Crippen LogP contribution in [0.4, 0.5) is 0 Å². The first-order valence-corrected chi connectivity index (χ1v) is 7.43. The second kappa shape index (κ2) is 8.89. The van der Waals surface area contributed by atoms with E-state index >= 15 is 0 Å². The number of primary amides is 1. The number of amides is 3. The summed E-state index contributed by atoms with van der Waals surface area (Å²) in [6.45, 7) is 3.26. The fourth-order valence-corrected chi connectivity index (χ4v) is 1.92. The normalized spacial score (nSPS) is 10.6. The van der Waals surface area contributed by atoms with Crippen molar-refractivity contribution in [2.45, 2.75) is 19.9 Å². The lowest BCUT2D eigenvalue weighted by Gasteiger charge is -2.07. The molecule has 0 saturated carbocycles. The minimum absolute atomic E-state index is 0.138. The van der Waals surface area contributed by atoms with E-state index in [0.717, 1.165) is 0 Å². The molecule has 0 radical (unpaired) electrons. The summed E-state index contributed by atoms with van der Waals surface area (Å²) in [4.78, 5) is 33.5. The smallest absolute Gasteiger partial charge is 0.329 e. The van der Waals surface area contributed by atoms with Crippen LogP contribution in [0, 0.1) is 0 Å². The molecule has 0 unspecified atom stereocenters. The van der Waals surface area contributed by atoms with E-state index < -0.39 is 17.7 Å². The quantitative estimate of drug-likeness (QED) is 0.370. The van der Waals surface area contributed by atoms with Crippen LogP contribution in [-0.4, -0.2) is 36.6 Å². The monoisotopic (exact) mass is 384 g/mol. The number of hydrazone groups is 1. The van der Waals surface area contributed by atoms with E-state index in [9.17, 15) is 14.4 Å². The van der Waals surface area contributed by atoms with Gasteiger partial charge in [0, 0.05) is 6.04 Å². The number of nitrogens with zero attached hydrogens (tertiary/aromatic N) is 1. The first-order valence-electron chi connectivity index (χ1n) is 6.64. The van der Waals surface area contributed by atoms with E-state index in [0.29, 0.717) is 15.8 Å². The van der Waals surface area contributed by atoms with Gasteiger partial charge in [0.15, 0.2) is 6.61 Å². The van der Waals surface area contributed by atoms with Crippen molar-refractivity contribution in [1.29, 1.82) is 0 Å². The van der Waals surface area contributed by atoms with E-state index in [1.54, 1.807) is 32.0 Å². The number of halogens is 1. The van der Waals surface area contributed by atoms with E-state index in [1.165, 1.54) is 6.21 Å². The highest BCUT2D eigenvalue weighted by Crippen LogP contribution is 2.25. The molecule has 0 aliphatic heterocycles. The van der Waals surface area contributed by atoms with Gasteiger partial charge in [0.1, 0.15) is 5.75 Å². The molecule has 23 heavy (non-hydrogen) atoms. The predicted molar refractivity (Wildman–Crippen MR) is 87.8 cm³/mol. The largest absolute Gasteiger partial charge is 0.483 e. The van der Waals surface area contributed by atoms with Gasteiger partial charge in [0.2, 0.25) is 0 Å². The van der Waals surface area contributed by atoms with E-state index in [2.05, 4.69) is 31.8 Å². The molecular weight excluding hydrogens is 368 g/mol. The summed E-state index contributed by atoms with van der Waals surface area (Å²) in [6.07, 6.45) is 1.36. The Kier molecular flexibility index (Phi) is 7.20. The molecular formula is C14H17BrN4O4. The average Bonchev–Trinajstić information content (AvgIpc) is 2.45. The Morgan fingerprint density at radius 1 is 1.35 bits per heavy atom. The van der Waals surface area contributed by atoms with Gasteiger partial charge in [-0.1, -0.05) is 0 Å². The molecule has 124 valence electrons. The molecule has 0 atom stereocenters. The summed E-state index contributed by atoms with van der Waals surface area (Å²) in [5.41, 5.74) is 7.76. The summed E-state index contributed by atoms with van der Waals surface area (Å²) < 4.78 is 5.77. The summed E-state index contributed by atoms with van der Waals surface area (Å²) in [5, 5.41) is 6.14. The van der Waals surface area contributed by atoms with Crippen molar-refractivity contribution in [2.24, 2.45) is 10.8 Å². The first-order chi connectivity index (χ1) is 10.8. The van der Waals surface area contributed by atoms with Gasteiger partial charge in [-0.3, -0.25) is 14.4 Å². The zero-order valence-electron chi connectivity index (χ0n) is 12.6. The third-order valence-corrected chi connectivity index (χ3v) is 2.95. The number of carbonyl (C=O) groups excluding carboxylic acids is 3. The highest BCUT2D eigenvalue weighted by molar-refractivity contribution is 9.10. The van der Waals surface area contributed by atoms with Crippen molar-refractivity contribution >= 4 is 39.9 Å². The Bertz CT molecular complexity index is 631. The minimum atomic E-state index is -0.851. The zero-order valence-corrected chi connectivity index (χ0v) is 14.2. The number of carbonyl (C=O) groups is 3. The molecule has 0 fully saturated rings. The Morgan fingerprint density at radius 2 is 2.04 bits per heavy atom. The molecule has 8 nitrogen and oxygen atoms in total. The molecule has 9 heteroatoms. The molecule has 1 aromatic rings. The van der Waals surface area contributed by atoms with Crippen LogP contribution in [-0.2, 0) is 14.4 Å². The molecule has 0 spiro atoms. The molecule has 0 bridgehead atoms. The van der Waals surface area contributed by atoms with Crippen molar-refractivity contribution < 1.29 is 19.1 Å².